The number of carbonyl (C=O) groups excluding carboxylic acids is 1. The van der Waals surface area contributed by atoms with E-state index in [2.05, 4.69) is 10.3 Å². The van der Waals surface area contributed by atoms with E-state index < -0.39 is 10.0 Å². The number of nitrogens with zero attached hydrogens (tertiary/aromatic N) is 2. The molecule has 8 nitrogen and oxygen atoms in total. The number of thiazole rings is 1. The van der Waals surface area contributed by atoms with E-state index in [4.69, 9.17) is 9.47 Å². The summed E-state index contributed by atoms with van der Waals surface area (Å²) in [5, 5.41) is 2.79. The fraction of sp³-hybridized carbons (Fsp3) is 0.300. The lowest BCUT2D eigenvalue weighted by Crippen LogP contribution is -2.40. The number of para-hydroxylation sites is 1. The number of aromatic nitrogens is 1. The van der Waals surface area contributed by atoms with Crippen molar-refractivity contribution >= 4 is 54.9 Å². The van der Waals surface area contributed by atoms with Crippen molar-refractivity contribution < 1.29 is 22.7 Å². The number of sulfonamides is 1. The summed E-state index contributed by atoms with van der Waals surface area (Å²) >= 11 is 2.89. The van der Waals surface area contributed by atoms with Gasteiger partial charge in [-0.1, -0.05) is 23.9 Å². The van der Waals surface area contributed by atoms with Gasteiger partial charge in [-0.15, -0.1) is 11.3 Å². The van der Waals surface area contributed by atoms with Crippen molar-refractivity contribution in [2.45, 2.75) is 9.24 Å². The number of anilines is 1. The van der Waals surface area contributed by atoms with Crippen LogP contribution in [0.2, 0.25) is 0 Å². The monoisotopic (exact) mass is 479 g/mol. The molecule has 11 heteroatoms. The highest BCUT2D eigenvalue weighted by Crippen LogP contribution is 2.31. The summed E-state index contributed by atoms with van der Waals surface area (Å²) in [5.41, 5.74) is 1.33. The fourth-order valence-electron chi connectivity index (χ4n) is 3.10. The lowest BCUT2D eigenvalue weighted by Gasteiger charge is -2.26. The van der Waals surface area contributed by atoms with E-state index in [9.17, 15) is 13.2 Å². The molecule has 3 aromatic rings. The van der Waals surface area contributed by atoms with Gasteiger partial charge >= 0.3 is 0 Å². The number of benzene rings is 2. The minimum absolute atomic E-state index is 0.119. The molecule has 0 spiro atoms. The summed E-state index contributed by atoms with van der Waals surface area (Å²) in [4.78, 5) is 17.1. The van der Waals surface area contributed by atoms with Crippen molar-refractivity contribution in [3.05, 3.63) is 42.5 Å². The average Bonchev–Trinajstić information content (AvgIpc) is 3.21. The smallest absolute Gasteiger partial charge is 0.243 e. The zero-order chi connectivity index (χ0) is 21.8. The number of fused-ring (bicyclic) bond motifs is 1. The molecular weight excluding hydrogens is 458 g/mol. The standard InChI is InChI=1S/C20H21N3O5S3/c1-27-17-12-14(31(25,26)23-8-10-28-11-9-23)6-7-15(17)21-19(24)13-29-20-22-16-4-2-3-5-18(16)30-20/h2-7,12H,8-11,13H2,1H3,(H,21,24). The first kappa shape index (κ1) is 22.0. The van der Waals surface area contributed by atoms with E-state index >= 15 is 0 Å². The van der Waals surface area contributed by atoms with Crippen LogP contribution in [0.4, 0.5) is 5.69 Å². The van der Waals surface area contributed by atoms with Crippen LogP contribution < -0.4 is 10.1 Å². The summed E-state index contributed by atoms with van der Waals surface area (Å²) in [6.45, 7) is 1.37. The number of rotatable bonds is 7. The molecule has 1 aliphatic heterocycles. The minimum Gasteiger partial charge on any atom is -0.495 e. The lowest BCUT2D eigenvalue weighted by atomic mass is 10.3. The van der Waals surface area contributed by atoms with Gasteiger partial charge in [0.1, 0.15) is 5.75 Å². The van der Waals surface area contributed by atoms with Crippen LogP contribution in [0.5, 0.6) is 5.75 Å². The maximum atomic E-state index is 12.8. The molecule has 1 aliphatic rings. The summed E-state index contributed by atoms with van der Waals surface area (Å²) in [6.07, 6.45) is 0. The highest BCUT2D eigenvalue weighted by molar-refractivity contribution is 8.01. The molecule has 4 rings (SSSR count). The third-order valence-corrected chi connectivity index (χ3v) is 8.73. The maximum Gasteiger partial charge on any atom is 0.243 e. The van der Waals surface area contributed by atoms with E-state index in [1.165, 1.54) is 46.6 Å². The molecule has 1 saturated heterocycles. The average molecular weight is 480 g/mol. The second kappa shape index (κ2) is 9.53. The third kappa shape index (κ3) is 5.01. The van der Waals surface area contributed by atoms with Gasteiger partial charge in [-0.3, -0.25) is 4.79 Å². The van der Waals surface area contributed by atoms with E-state index in [0.29, 0.717) is 32.0 Å². The Kier molecular flexibility index (Phi) is 6.77. The van der Waals surface area contributed by atoms with Crippen LogP contribution in [-0.4, -0.2) is 62.8 Å². The van der Waals surface area contributed by atoms with Crippen molar-refractivity contribution in [3.63, 3.8) is 0 Å². The molecule has 164 valence electrons. The first-order valence-electron chi connectivity index (χ1n) is 9.51. The van der Waals surface area contributed by atoms with Crippen molar-refractivity contribution in [3.8, 4) is 5.75 Å². The van der Waals surface area contributed by atoms with Crippen LogP contribution in [0.1, 0.15) is 0 Å². The second-order valence-corrected chi connectivity index (χ2v) is 10.9. The van der Waals surface area contributed by atoms with Crippen molar-refractivity contribution in [1.29, 1.82) is 0 Å². The molecule has 0 atom stereocenters. The molecular formula is C20H21N3O5S3. The molecule has 31 heavy (non-hydrogen) atoms. The van der Waals surface area contributed by atoms with Crippen LogP contribution >= 0.6 is 23.1 Å². The Labute approximate surface area is 188 Å². The number of carbonyl (C=O) groups is 1. The van der Waals surface area contributed by atoms with Gasteiger partial charge in [-0.25, -0.2) is 13.4 Å². The van der Waals surface area contributed by atoms with Crippen LogP contribution in [0.3, 0.4) is 0 Å². The number of hydrogen-bond acceptors (Lipinski definition) is 8. The number of nitrogens with one attached hydrogen (secondary N) is 1. The number of morpholine rings is 1. The topological polar surface area (TPSA) is 97.8 Å². The molecule has 2 aromatic carbocycles. The van der Waals surface area contributed by atoms with Gasteiger partial charge < -0.3 is 14.8 Å². The highest BCUT2D eigenvalue weighted by atomic mass is 32.2. The summed E-state index contributed by atoms with van der Waals surface area (Å²) in [5.74, 6) is 0.232. The number of methoxy groups -OCH3 is 1. The molecule has 0 aliphatic carbocycles. The number of amides is 1. The molecule has 0 saturated carbocycles. The van der Waals surface area contributed by atoms with Gasteiger partial charge in [-0.2, -0.15) is 4.31 Å². The van der Waals surface area contributed by atoms with Crippen LogP contribution in [-0.2, 0) is 19.6 Å². The first-order chi connectivity index (χ1) is 15.0. The van der Waals surface area contributed by atoms with Gasteiger partial charge in [0.2, 0.25) is 15.9 Å². The second-order valence-electron chi connectivity index (χ2n) is 6.66. The summed E-state index contributed by atoms with van der Waals surface area (Å²) < 4.78 is 39.5. The molecule has 2 heterocycles. The predicted octanol–water partition coefficient (Wildman–Crippen LogP) is 3.06. The Balaban J connectivity index is 1.43. The van der Waals surface area contributed by atoms with Crippen molar-refractivity contribution in [2.75, 3.05) is 44.5 Å². The van der Waals surface area contributed by atoms with E-state index in [1.807, 2.05) is 24.3 Å². The Morgan fingerprint density at radius 1 is 1.26 bits per heavy atom. The Hall–Kier alpha value is -2.18. The van der Waals surface area contributed by atoms with Gasteiger partial charge in [0, 0.05) is 19.2 Å². The number of hydrogen-bond donors (Lipinski definition) is 1. The molecule has 0 bridgehead atoms. The normalized spacial score (nSPS) is 15.1. The van der Waals surface area contributed by atoms with E-state index in [0.717, 1.165) is 14.6 Å². The lowest BCUT2D eigenvalue weighted by molar-refractivity contribution is -0.113. The fourth-order valence-corrected chi connectivity index (χ4v) is 6.39. The zero-order valence-corrected chi connectivity index (χ0v) is 19.2. The van der Waals surface area contributed by atoms with Gasteiger partial charge in [-0.05, 0) is 24.3 Å². The molecule has 1 fully saturated rings. The SMILES string of the molecule is COc1cc(S(=O)(=O)N2CCOCC2)ccc1NC(=O)CSc1nc2ccccc2s1. The quantitative estimate of drug-likeness (QED) is 0.520. The van der Waals surface area contributed by atoms with Gasteiger partial charge in [0.25, 0.3) is 0 Å². The zero-order valence-electron chi connectivity index (χ0n) is 16.7. The Bertz CT molecular complexity index is 1160. The third-order valence-electron chi connectivity index (χ3n) is 4.66. The molecule has 1 aromatic heterocycles. The largest absolute Gasteiger partial charge is 0.495 e. The molecule has 1 amide bonds. The number of ether oxygens (including phenoxy) is 2. The summed E-state index contributed by atoms with van der Waals surface area (Å²) in [7, 11) is -2.21. The molecule has 0 unspecified atom stereocenters. The van der Waals surface area contributed by atoms with Crippen LogP contribution in [0.25, 0.3) is 10.2 Å². The van der Waals surface area contributed by atoms with Crippen LogP contribution in [0.15, 0.2) is 51.7 Å². The Morgan fingerprint density at radius 2 is 2.03 bits per heavy atom. The maximum absolute atomic E-state index is 12.8. The van der Waals surface area contributed by atoms with Gasteiger partial charge in [0.15, 0.2) is 4.34 Å². The molecule has 0 radical (unpaired) electrons. The van der Waals surface area contributed by atoms with Gasteiger partial charge in [0.05, 0.1) is 46.9 Å². The molecule has 1 N–H and O–H groups in total. The number of thioether (sulfide) groups is 1. The van der Waals surface area contributed by atoms with Crippen molar-refractivity contribution in [1.82, 2.24) is 9.29 Å². The Morgan fingerprint density at radius 3 is 2.77 bits per heavy atom. The van der Waals surface area contributed by atoms with Crippen molar-refractivity contribution in [2.24, 2.45) is 0 Å². The van der Waals surface area contributed by atoms with E-state index in [1.54, 1.807) is 6.07 Å². The minimum atomic E-state index is -3.65. The van der Waals surface area contributed by atoms with E-state index in [-0.39, 0.29) is 22.3 Å². The van der Waals surface area contributed by atoms with Crippen LogP contribution in [0, 0.1) is 0 Å². The first-order valence-corrected chi connectivity index (χ1v) is 12.8. The summed E-state index contributed by atoms with van der Waals surface area (Å²) in [6, 6.07) is 12.3. The highest BCUT2D eigenvalue weighted by Gasteiger charge is 2.27. The predicted molar refractivity (Wildman–Crippen MR) is 122 cm³/mol.